The molecular weight excluding hydrogens is 368 g/mol. The molecule has 0 unspecified atom stereocenters. The lowest BCUT2D eigenvalue weighted by Crippen LogP contribution is -2.21. The molecule has 0 spiro atoms. The van der Waals surface area contributed by atoms with Gasteiger partial charge in [0.15, 0.2) is 18.1 Å². The van der Waals surface area contributed by atoms with Crippen LogP contribution in [0.5, 0.6) is 11.5 Å². The zero-order valence-corrected chi connectivity index (χ0v) is 13.5. The summed E-state index contributed by atoms with van der Waals surface area (Å²) in [5.41, 5.74) is 0.807. The van der Waals surface area contributed by atoms with Crippen molar-refractivity contribution >= 4 is 33.5 Å². The number of fused-ring (bicyclic) bond motifs is 1. The van der Waals surface area contributed by atoms with E-state index in [1.807, 2.05) is 0 Å². The summed E-state index contributed by atoms with van der Waals surface area (Å²) in [5, 5.41) is 2.63. The van der Waals surface area contributed by atoms with Gasteiger partial charge in [0.1, 0.15) is 18.9 Å². The quantitative estimate of drug-likeness (QED) is 0.794. The summed E-state index contributed by atoms with van der Waals surface area (Å²) in [5.74, 6) is 0.161. The van der Waals surface area contributed by atoms with Crippen molar-refractivity contribution in [2.24, 2.45) is 0 Å². The predicted octanol–water partition coefficient (Wildman–Crippen LogP) is 2.34. The van der Waals surface area contributed by atoms with E-state index in [4.69, 9.17) is 14.2 Å². The lowest BCUT2D eigenvalue weighted by atomic mass is 10.2. The fraction of sp³-hybridized carbons (Fsp3) is 0.200. The minimum Gasteiger partial charge on any atom is -0.486 e. The first kappa shape index (κ1) is 15.4. The first-order valence-electron chi connectivity index (χ1n) is 6.82. The highest BCUT2D eigenvalue weighted by molar-refractivity contribution is 9.10. The van der Waals surface area contributed by atoms with Crippen molar-refractivity contribution < 1.29 is 23.8 Å². The van der Waals surface area contributed by atoms with Gasteiger partial charge in [-0.2, -0.15) is 0 Å². The van der Waals surface area contributed by atoms with E-state index in [9.17, 15) is 9.59 Å². The Morgan fingerprint density at radius 3 is 2.74 bits per heavy atom. The van der Waals surface area contributed by atoms with Crippen LogP contribution in [0.15, 0.2) is 34.9 Å². The topological polar surface area (TPSA) is 89.7 Å². The Kier molecular flexibility index (Phi) is 4.52. The van der Waals surface area contributed by atoms with Gasteiger partial charge < -0.3 is 24.5 Å². The molecule has 7 nitrogen and oxygen atoms in total. The van der Waals surface area contributed by atoms with Crippen molar-refractivity contribution in [3.05, 3.63) is 40.6 Å². The molecule has 1 aliphatic heterocycles. The molecule has 120 valence electrons. The van der Waals surface area contributed by atoms with Gasteiger partial charge >= 0.3 is 5.97 Å². The summed E-state index contributed by atoms with van der Waals surface area (Å²) < 4.78 is 16.5. The molecule has 1 aromatic carbocycles. The van der Waals surface area contributed by atoms with E-state index in [1.165, 1.54) is 0 Å². The number of esters is 1. The smallest absolute Gasteiger partial charge is 0.355 e. The fourth-order valence-corrected chi connectivity index (χ4v) is 2.36. The van der Waals surface area contributed by atoms with E-state index in [0.717, 1.165) is 4.47 Å². The van der Waals surface area contributed by atoms with E-state index < -0.39 is 11.9 Å². The van der Waals surface area contributed by atoms with Gasteiger partial charge in [-0.15, -0.1) is 0 Å². The molecule has 1 aliphatic rings. The Morgan fingerprint density at radius 1 is 1.22 bits per heavy atom. The lowest BCUT2D eigenvalue weighted by Gasteiger charge is -2.18. The van der Waals surface area contributed by atoms with Crippen LogP contribution >= 0.6 is 15.9 Å². The van der Waals surface area contributed by atoms with E-state index in [2.05, 4.69) is 26.2 Å². The van der Waals surface area contributed by atoms with Crippen LogP contribution < -0.4 is 14.8 Å². The van der Waals surface area contributed by atoms with Gasteiger partial charge in [-0.1, -0.05) is 0 Å². The Balaban J connectivity index is 1.54. The van der Waals surface area contributed by atoms with Crippen molar-refractivity contribution in [1.29, 1.82) is 0 Å². The molecule has 0 atom stereocenters. The van der Waals surface area contributed by atoms with Crippen molar-refractivity contribution in [3.8, 4) is 11.5 Å². The third-order valence-electron chi connectivity index (χ3n) is 3.03. The Labute approximate surface area is 140 Å². The number of hydrogen-bond acceptors (Lipinski definition) is 5. The van der Waals surface area contributed by atoms with Gasteiger partial charge in [0.2, 0.25) is 0 Å². The van der Waals surface area contributed by atoms with Gasteiger partial charge in [0.25, 0.3) is 5.91 Å². The average molecular weight is 381 g/mol. The number of anilines is 1. The highest BCUT2D eigenvalue weighted by Crippen LogP contribution is 2.32. The molecule has 0 saturated heterocycles. The first-order chi connectivity index (χ1) is 11.1. The van der Waals surface area contributed by atoms with Gasteiger partial charge in [0, 0.05) is 22.4 Å². The molecule has 1 aromatic heterocycles. The molecule has 23 heavy (non-hydrogen) atoms. The largest absolute Gasteiger partial charge is 0.486 e. The molecule has 0 radical (unpaired) electrons. The Bertz CT molecular complexity index is 743. The number of benzene rings is 1. The summed E-state index contributed by atoms with van der Waals surface area (Å²) in [6.07, 6.45) is 1.60. The summed E-state index contributed by atoms with van der Waals surface area (Å²) in [4.78, 5) is 26.3. The number of carbonyl (C=O) groups excluding carboxylic acids is 2. The average Bonchev–Trinajstić information content (AvgIpc) is 2.99. The fourth-order valence-electron chi connectivity index (χ4n) is 2.01. The van der Waals surface area contributed by atoms with E-state index >= 15 is 0 Å². The molecule has 3 rings (SSSR count). The maximum Gasteiger partial charge on any atom is 0.355 e. The third-order valence-corrected chi connectivity index (χ3v) is 3.49. The summed E-state index contributed by atoms with van der Waals surface area (Å²) >= 11 is 3.21. The zero-order valence-electron chi connectivity index (χ0n) is 11.9. The molecule has 1 amide bonds. The van der Waals surface area contributed by atoms with Crippen LogP contribution in [0.25, 0.3) is 0 Å². The minimum absolute atomic E-state index is 0.268. The van der Waals surface area contributed by atoms with Gasteiger partial charge in [-0.05, 0) is 34.1 Å². The van der Waals surface area contributed by atoms with Crippen LogP contribution in [0.4, 0.5) is 5.69 Å². The van der Waals surface area contributed by atoms with Crippen molar-refractivity contribution in [1.82, 2.24) is 4.98 Å². The number of rotatable bonds is 4. The first-order valence-corrected chi connectivity index (χ1v) is 7.61. The number of nitrogens with one attached hydrogen (secondary N) is 2. The van der Waals surface area contributed by atoms with Crippen LogP contribution in [-0.4, -0.2) is 36.7 Å². The highest BCUT2D eigenvalue weighted by atomic mass is 79.9. The number of hydrogen-bond donors (Lipinski definition) is 2. The highest BCUT2D eigenvalue weighted by Gasteiger charge is 2.14. The molecule has 2 aromatic rings. The summed E-state index contributed by atoms with van der Waals surface area (Å²) in [7, 11) is 0. The monoisotopic (exact) mass is 380 g/mol. The van der Waals surface area contributed by atoms with Crippen LogP contribution in [0, 0.1) is 0 Å². The number of carbonyl (C=O) groups is 2. The second-order valence-corrected chi connectivity index (χ2v) is 5.63. The van der Waals surface area contributed by atoms with Gasteiger partial charge in [0.05, 0.1) is 0 Å². The van der Waals surface area contributed by atoms with E-state index in [-0.39, 0.29) is 12.3 Å². The maximum atomic E-state index is 11.8. The van der Waals surface area contributed by atoms with Crippen LogP contribution in [0.1, 0.15) is 10.5 Å². The van der Waals surface area contributed by atoms with Crippen LogP contribution in [-0.2, 0) is 9.53 Å². The maximum absolute atomic E-state index is 11.8. The van der Waals surface area contributed by atoms with Crippen molar-refractivity contribution in [2.45, 2.75) is 0 Å². The molecule has 0 aliphatic carbocycles. The lowest BCUT2D eigenvalue weighted by molar-refractivity contribution is -0.119. The number of aromatic amines is 1. The van der Waals surface area contributed by atoms with Crippen molar-refractivity contribution in [3.63, 3.8) is 0 Å². The normalized spacial score (nSPS) is 12.6. The van der Waals surface area contributed by atoms with Crippen LogP contribution in [0.3, 0.4) is 0 Å². The van der Waals surface area contributed by atoms with Gasteiger partial charge in [-0.25, -0.2) is 4.79 Å². The second-order valence-electron chi connectivity index (χ2n) is 4.71. The molecule has 0 bridgehead atoms. The number of aromatic nitrogens is 1. The van der Waals surface area contributed by atoms with Gasteiger partial charge in [-0.3, -0.25) is 4.79 Å². The second kappa shape index (κ2) is 6.74. The summed E-state index contributed by atoms with van der Waals surface area (Å²) in [6.45, 7) is 0.584. The molecule has 0 saturated carbocycles. The Morgan fingerprint density at radius 2 is 2.00 bits per heavy atom. The molecule has 2 N–H and O–H groups in total. The predicted molar refractivity (Wildman–Crippen MR) is 84.8 cm³/mol. The minimum atomic E-state index is -0.604. The third kappa shape index (κ3) is 3.84. The number of H-pyrrole nitrogens is 1. The Hall–Kier alpha value is -2.48. The van der Waals surface area contributed by atoms with Crippen LogP contribution in [0.2, 0.25) is 0 Å². The number of halogens is 1. The molecule has 8 heteroatoms. The number of ether oxygens (including phenoxy) is 3. The SMILES string of the molecule is O=C(COC(=O)c1cc(Br)c[nH]1)Nc1ccc2c(c1)OCCO2. The number of amides is 1. The zero-order chi connectivity index (χ0) is 16.2. The molecule has 2 heterocycles. The van der Waals surface area contributed by atoms with Crippen molar-refractivity contribution in [2.75, 3.05) is 25.1 Å². The van der Waals surface area contributed by atoms with E-state index in [1.54, 1.807) is 30.5 Å². The molecule has 0 fully saturated rings. The standard InChI is InChI=1S/C15H13BrN2O5/c16-9-5-11(17-7-9)15(20)23-8-14(19)18-10-1-2-12-13(6-10)22-4-3-21-12/h1-2,5-7,17H,3-4,8H2,(H,18,19). The van der Waals surface area contributed by atoms with E-state index in [0.29, 0.717) is 30.4 Å². The molecular formula is C15H13BrN2O5. The summed E-state index contributed by atoms with van der Waals surface area (Å²) in [6, 6.07) is 6.64.